The molecule has 0 spiro atoms. The van der Waals surface area contributed by atoms with Crippen molar-refractivity contribution in [1.82, 2.24) is 15.1 Å². The van der Waals surface area contributed by atoms with E-state index < -0.39 is 0 Å². The summed E-state index contributed by atoms with van der Waals surface area (Å²) >= 11 is 0. The fourth-order valence-electron chi connectivity index (χ4n) is 2.75. The van der Waals surface area contributed by atoms with Gasteiger partial charge in [0.05, 0.1) is 11.7 Å². The Hall–Kier alpha value is -2.30. The second-order valence-corrected chi connectivity index (χ2v) is 5.21. The Kier molecular flexibility index (Phi) is 4.19. The van der Waals surface area contributed by atoms with Gasteiger partial charge in [-0.3, -0.25) is 9.89 Å². The molecule has 5 nitrogen and oxygen atoms in total. The van der Waals surface area contributed by atoms with E-state index in [0.717, 1.165) is 37.3 Å². The molecule has 2 heterocycles. The highest BCUT2D eigenvalue weighted by atomic mass is 16.5. The molecule has 1 saturated heterocycles. The third-order valence-corrected chi connectivity index (χ3v) is 3.81. The first-order valence-electron chi connectivity index (χ1n) is 7.31. The number of nitrogens with one attached hydrogen (secondary N) is 1. The Morgan fingerprint density at radius 1 is 1.29 bits per heavy atom. The van der Waals surface area contributed by atoms with Crippen LogP contribution < -0.4 is 4.74 Å². The molecule has 1 fully saturated rings. The van der Waals surface area contributed by atoms with E-state index in [4.69, 9.17) is 4.74 Å². The summed E-state index contributed by atoms with van der Waals surface area (Å²) in [5, 5.41) is 6.97. The van der Waals surface area contributed by atoms with E-state index in [-0.39, 0.29) is 18.6 Å². The van der Waals surface area contributed by atoms with Crippen molar-refractivity contribution in [2.24, 2.45) is 0 Å². The number of hydrogen-bond donors (Lipinski definition) is 1. The second-order valence-electron chi connectivity index (χ2n) is 5.21. The maximum absolute atomic E-state index is 12.4. The van der Waals surface area contributed by atoms with Gasteiger partial charge >= 0.3 is 0 Å². The maximum atomic E-state index is 12.4. The van der Waals surface area contributed by atoms with Gasteiger partial charge in [-0.2, -0.15) is 5.10 Å². The molecule has 21 heavy (non-hydrogen) atoms. The highest BCUT2D eigenvalue weighted by Gasteiger charge is 2.28. The lowest BCUT2D eigenvalue weighted by molar-refractivity contribution is -0.137. The van der Waals surface area contributed by atoms with Crippen molar-refractivity contribution < 1.29 is 9.53 Å². The average molecular weight is 285 g/mol. The molecule has 0 bridgehead atoms. The van der Waals surface area contributed by atoms with Gasteiger partial charge in [-0.1, -0.05) is 18.2 Å². The molecule has 0 unspecified atom stereocenters. The number of aromatic nitrogens is 2. The summed E-state index contributed by atoms with van der Waals surface area (Å²) in [6.45, 7) is 0.856. The van der Waals surface area contributed by atoms with Crippen LogP contribution in [0.2, 0.25) is 0 Å². The second kappa shape index (κ2) is 6.43. The number of H-pyrrole nitrogens is 1. The summed E-state index contributed by atoms with van der Waals surface area (Å²) in [7, 11) is 0. The zero-order valence-electron chi connectivity index (χ0n) is 11.9. The lowest BCUT2D eigenvalue weighted by atomic mass is 9.99. The summed E-state index contributed by atoms with van der Waals surface area (Å²) in [6.07, 6.45) is 4.88. The number of para-hydroxylation sites is 1. The monoisotopic (exact) mass is 285 g/mol. The minimum atomic E-state index is 0.0261. The van der Waals surface area contributed by atoms with Crippen LogP contribution in [-0.4, -0.2) is 34.2 Å². The van der Waals surface area contributed by atoms with Gasteiger partial charge in [0.25, 0.3) is 5.91 Å². The molecule has 2 aromatic rings. The quantitative estimate of drug-likeness (QED) is 0.939. The number of hydrogen-bond acceptors (Lipinski definition) is 3. The first-order chi connectivity index (χ1) is 10.3. The van der Waals surface area contributed by atoms with Crippen molar-refractivity contribution in [3.8, 4) is 5.75 Å². The van der Waals surface area contributed by atoms with E-state index in [9.17, 15) is 4.79 Å². The van der Waals surface area contributed by atoms with Crippen molar-refractivity contribution in [3.63, 3.8) is 0 Å². The number of carbonyl (C=O) groups excluding carboxylic acids is 1. The number of rotatable bonds is 4. The van der Waals surface area contributed by atoms with Gasteiger partial charge in [-0.25, -0.2) is 0 Å². The maximum Gasteiger partial charge on any atom is 0.261 e. The van der Waals surface area contributed by atoms with Crippen LogP contribution in [0.3, 0.4) is 0 Å². The van der Waals surface area contributed by atoms with Crippen LogP contribution in [0.4, 0.5) is 0 Å². The third kappa shape index (κ3) is 3.24. The predicted molar refractivity (Wildman–Crippen MR) is 78.8 cm³/mol. The minimum absolute atomic E-state index is 0.0261. The molecule has 1 aromatic heterocycles. The third-order valence-electron chi connectivity index (χ3n) is 3.81. The van der Waals surface area contributed by atoms with Crippen LogP contribution in [0.1, 0.15) is 31.0 Å². The molecule has 1 N–H and O–H groups in total. The summed E-state index contributed by atoms with van der Waals surface area (Å²) in [5.74, 6) is 0.749. The lowest BCUT2D eigenvalue weighted by Crippen LogP contribution is -2.41. The molecular weight excluding hydrogens is 266 g/mol. The zero-order chi connectivity index (χ0) is 14.5. The topological polar surface area (TPSA) is 58.2 Å². The highest BCUT2D eigenvalue weighted by Crippen LogP contribution is 2.29. The molecule has 1 atom stereocenters. The van der Waals surface area contributed by atoms with Crippen LogP contribution in [0.15, 0.2) is 42.6 Å². The molecule has 1 aromatic carbocycles. The number of piperidine rings is 1. The molecule has 1 aliphatic heterocycles. The molecule has 110 valence electrons. The summed E-state index contributed by atoms with van der Waals surface area (Å²) < 4.78 is 5.57. The molecule has 3 rings (SSSR count). The van der Waals surface area contributed by atoms with E-state index in [1.54, 1.807) is 6.20 Å². The van der Waals surface area contributed by atoms with Crippen LogP contribution in [0.25, 0.3) is 0 Å². The van der Waals surface area contributed by atoms with Gasteiger partial charge in [-0.05, 0) is 37.5 Å². The van der Waals surface area contributed by atoms with Crippen LogP contribution >= 0.6 is 0 Å². The van der Waals surface area contributed by atoms with Crippen molar-refractivity contribution in [2.75, 3.05) is 13.2 Å². The van der Waals surface area contributed by atoms with E-state index in [1.807, 2.05) is 41.3 Å². The van der Waals surface area contributed by atoms with Crippen molar-refractivity contribution in [3.05, 3.63) is 48.3 Å². The molecular formula is C16H19N3O2. The average Bonchev–Trinajstić information content (AvgIpc) is 3.08. The number of carbonyl (C=O) groups is 1. The fourth-order valence-corrected chi connectivity index (χ4v) is 2.75. The molecule has 0 radical (unpaired) electrons. The SMILES string of the molecule is O=C(COc1ccccc1)N1CCCC[C@H]1c1ccn[nH]1. The first-order valence-corrected chi connectivity index (χ1v) is 7.31. The molecule has 5 heteroatoms. The number of nitrogens with zero attached hydrogens (tertiary/aromatic N) is 2. The van der Waals surface area contributed by atoms with E-state index in [2.05, 4.69) is 10.2 Å². The van der Waals surface area contributed by atoms with E-state index in [0.29, 0.717) is 0 Å². The van der Waals surface area contributed by atoms with Gasteiger partial charge in [-0.15, -0.1) is 0 Å². The summed E-state index contributed by atoms with van der Waals surface area (Å²) in [4.78, 5) is 14.3. The summed E-state index contributed by atoms with van der Waals surface area (Å²) in [6, 6.07) is 11.5. The Labute approximate surface area is 123 Å². The van der Waals surface area contributed by atoms with Crippen LogP contribution in [0.5, 0.6) is 5.75 Å². The van der Waals surface area contributed by atoms with Gasteiger partial charge < -0.3 is 9.64 Å². The number of likely N-dealkylation sites (tertiary alicyclic amines) is 1. The van der Waals surface area contributed by atoms with E-state index >= 15 is 0 Å². The van der Waals surface area contributed by atoms with Crippen molar-refractivity contribution >= 4 is 5.91 Å². The first kappa shape index (κ1) is 13.7. The Balaban J connectivity index is 1.64. The molecule has 0 saturated carbocycles. The number of benzene rings is 1. The normalized spacial score (nSPS) is 18.5. The van der Waals surface area contributed by atoms with Crippen LogP contribution in [-0.2, 0) is 4.79 Å². The number of ether oxygens (including phenoxy) is 1. The van der Waals surface area contributed by atoms with Crippen LogP contribution in [0, 0.1) is 0 Å². The van der Waals surface area contributed by atoms with Crippen molar-refractivity contribution in [2.45, 2.75) is 25.3 Å². The number of aromatic amines is 1. The van der Waals surface area contributed by atoms with Gasteiger partial charge in [0.2, 0.25) is 0 Å². The fraction of sp³-hybridized carbons (Fsp3) is 0.375. The van der Waals surface area contributed by atoms with Gasteiger partial charge in [0.15, 0.2) is 6.61 Å². The van der Waals surface area contributed by atoms with Crippen molar-refractivity contribution in [1.29, 1.82) is 0 Å². The number of amides is 1. The van der Waals surface area contributed by atoms with Gasteiger partial charge in [0, 0.05) is 12.7 Å². The predicted octanol–water partition coefficient (Wildman–Crippen LogP) is 2.54. The smallest absolute Gasteiger partial charge is 0.261 e. The summed E-state index contributed by atoms with van der Waals surface area (Å²) in [5.41, 5.74) is 1.00. The molecule has 1 amide bonds. The standard InChI is InChI=1S/C16H19N3O2/c20-16(12-21-13-6-2-1-3-7-13)19-11-5-4-8-15(19)14-9-10-17-18-14/h1-3,6-7,9-10,15H,4-5,8,11-12H2,(H,17,18)/t15-/m0/s1. The largest absolute Gasteiger partial charge is 0.484 e. The zero-order valence-corrected chi connectivity index (χ0v) is 11.9. The highest BCUT2D eigenvalue weighted by molar-refractivity contribution is 5.78. The minimum Gasteiger partial charge on any atom is -0.484 e. The van der Waals surface area contributed by atoms with E-state index in [1.165, 1.54) is 0 Å². The lowest BCUT2D eigenvalue weighted by Gasteiger charge is -2.35. The molecule has 0 aliphatic carbocycles. The Bertz CT molecular complexity index is 568. The Morgan fingerprint density at radius 2 is 2.14 bits per heavy atom. The van der Waals surface area contributed by atoms with Gasteiger partial charge in [0.1, 0.15) is 5.75 Å². The molecule has 1 aliphatic rings. The Morgan fingerprint density at radius 3 is 2.90 bits per heavy atom.